The van der Waals surface area contributed by atoms with Crippen LogP contribution < -0.4 is 9.80 Å². The molecule has 3 heterocycles. The van der Waals surface area contributed by atoms with Crippen LogP contribution in [0, 0.1) is 13.8 Å². The number of aryl methyl sites for hydroxylation is 2. The number of fused-ring (bicyclic) bond motifs is 19. The summed E-state index contributed by atoms with van der Waals surface area (Å²) in [5.74, 6) is 0. The summed E-state index contributed by atoms with van der Waals surface area (Å²) in [5, 5.41) is 6.40. The maximum atomic E-state index is 7.45. The first-order chi connectivity index (χ1) is 37.8. The number of anilines is 6. The van der Waals surface area contributed by atoms with Gasteiger partial charge in [0.1, 0.15) is 22.3 Å². The lowest BCUT2D eigenvalue weighted by Crippen LogP contribution is -2.40. The Kier molecular flexibility index (Phi) is 9.08. The van der Waals surface area contributed by atoms with Crippen molar-refractivity contribution in [3.05, 3.63) is 275 Å². The molecule has 0 saturated carbocycles. The minimum Gasteiger partial charge on any atom is -0.455 e. The Morgan fingerprint density at radius 2 is 0.766 bits per heavy atom. The van der Waals surface area contributed by atoms with Crippen molar-refractivity contribution < 1.29 is 13.3 Å². The number of hydrogen-bond donors (Lipinski definition) is 0. The Hall–Kier alpha value is -9.58. The molecule has 0 radical (unpaired) electrons. The van der Waals surface area contributed by atoms with Crippen LogP contribution in [0.3, 0.4) is 0 Å². The molecule has 1 spiro atoms. The molecule has 16 rings (SSSR count). The second kappa shape index (κ2) is 16.0. The summed E-state index contributed by atoms with van der Waals surface area (Å²) in [5.41, 5.74) is 22.0. The largest absolute Gasteiger partial charge is 0.455 e. The van der Waals surface area contributed by atoms with E-state index in [1.165, 1.54) is 38.9 Å². The van der Waals surface area contributed by atoms with E-state index in [0.29, 0.717) is 0 Å². The molecule has 0 aliphatic heterocycles. The van der Waals surface area contributed by atoms with Crippen molar-refractivity contribution in [3.63, 3.8) is 0 Å². The van der Waals surface area contributed by atoms with Gasteiger partial charge in [0, 0.05) is 55.0 Å². The van der Waals surface area contributed by atoms with Crippen LogP contribution >= 0.6 is 0 Å². The minimum atomic E-state index is -0.820. The van der Waals surface area contributed by atoms with Crippen LogP contribution in [0.25, 0.3) is 76.9 Å². The van der Waals surface area contributed by atoms with E-state index >= 15 is 0 Å². The van der Waals surface area contributed by atoms with Crippen molar-refractivity contribution in [3.8, 4) is 11.1 Å². The molecule has 14 aromatic rings. The van der Waals surface area contributed by atoms with Gasteiger partial charge in [0.05, 0.1) is 27.9 Å². The van der Waals surface area contributed by atoms with Gasteiger partial charge in [-0.3, -0.25) is 0 Å². The van der Waals surface area contributed by atoms with Crippen molar-refractivity contribution in [2.24, 2.45) is 0 Å². The molecule has 77 heavy (non-hydrogen) atoms. The fourth-order valence-corrected chi connectivity index (χ4v) is 13.6. The van der Waals surface area contributed by atoms with E-state index in [0.717, 1.165) is 117 Å². The van der Waals surface area contributed by atoms with Crippen molar-refractivity contribution in [2.75, 3.05) is 9.80 Å². The highest BCUT2D eigenvalue weighted by Crippen LogP contribution is 2.66. The Labute approximate surface area is 445 Å². The molecule has 0 amide bonds. The number of benzene rings is 11. The summed E-state index contributed by atoms with van der Waals surface area (Å²) >= 11 is 0. The van der Waals surface area contributed by atoms with Crippen LogP contribution in [0.5, 0.6) is 0 Å². The highest BCUT2D eigenvalue weighted by atomic mass is 16.3. The second-order valence-electron chi connectivity index (χ2n) is 21.7. The molecule has 11 aromatic carbocycles. The Balaban J connectivity index is 1.06. The Morgan fingerprint density at radius 1 is 0.325 bits per heavy atom. The minimum absolute atomic E-state index is 0.318. The number of para-hydroxylation sites is 5. The maximum Gasteiger partial charge on any atom is 0.159 e. The molecule has 0 bridgehead atoms. The molecule has 2 aliphatic carbocycles. The molecule has 5 heteroatoms. The molecular weight excluding hydrogens is 941 g/mol. The third-order valence-corrected chi connectivity index (χ3v) is 17.1. The monoisotopic (exact) mass is 990 g/mol. The van der Waals surface area contributed by atoms with E-state index < -0.39 is 5.41 Å². The molecule has 0 unspecified atom stereocenters. The molecule has 5 nitrogen and oxygen atoms in total. The van der Waals surface area contributed by atoms with Gasteiger partial charge < -0.3 is 23.1 Å². The van der Waals surface area contributed by atoms with Crippen LogP contribution in [-0.2, 0) is 10.8 Å². The standard InChI is InChI=1S/C72H50N2O3/c1-43-31-35-45(36-32-43)73(60-26-15-20-50-48-17-5-12-28-63(48)75-68(50)60)47-39-40-52-58(41-47)72(56-24-10-8-22-54(56)71(3,4)55-23-9-11-25-57(55)72)59-42-62(67-53-19-7-14-30-65(53)77-70(67)66(52)59)74(46-37-33-44(2)34-38-46)61-27-16-21-51-49-18-6-13-29-64(49)76-69(51)61/h5-42H,1-4H3. The molecule has 3 aromatic heterocycles. The van der Waals surface area contributed by atoms with Crippen molar-refractivity contribution in [1.29, 1.82) is 0 Å². The quantitative estimate of drug-likeness (QED) is 0.166. The zero-order valence-corrected chi connectivity index (χ0v) is 43.1. The maximum absolute atomic E-state index is 7.45. The fourth-order valence-electron chi connectivity index (χ4n) is 13.6. The lowest BCUT2D eigenvalue weighted by atomic mass is 9.55. The molecule has 2 aliphatic rings. The molecule has 0 saturated heterocycles. The summed E-state index contributed by atoms with van der Waals surface area (Å²) in [6.45, 7) is 9.07. The second-order valence-corrected chi connectivity index (χ2v) is 21.7. The average molecular weight is 991 g/mol. The third-order valence-electron chi connectivity index (χ3n) is 17.1. The SMILES string of the molecule is Cc1ccc(N(c2ccc3c(c2)C2(c4ccccc4C(C)(C)c4ccccc42)c2cc(N(c4ccc(C)cc4)c4cccc5c4oc4ccccc45)c4c(oc5ccccc54)c2-3)c2cccc3c2oc2ccccc23)cc1. The first-order valence-corrected chi connectivity index (χ1v) is 26.6. The molecule has 0 N–H and O–H groups in total. The van der Waals surface area contributed by atoms with Crippen molar-refractivity contribution >= 4 is 99.9 Å². The van der Waals surface area contributed by atoms with E-state index in [9.17, 15) is 0 Å². The normalized spacial score (nSPS) is 13.9. The predicted molar refractivity (Wildman–Crippen MR) is 317 cm³/mol. The van der Waals surface area contributed by atoms with Crippen molar-refractivity contribution in [2.45, 2.75) is 38.5 Å². The van der Waals surface area contributed by atoms with Crippen LogP contribution in [0.2, 0.25) is 0 Å². The van der Waals surface area contributed by atoms with E-state index in [1.54, 1.807) is 0 Å². The van der Waals surface area contributed by atoms with Gasteiger partial charge in [-0.25, -0.2) is 0 Å². The first-order valence-electron chi connectivity index (χ1n) is 26.6. The highest BCUT2D eigenvalue weighted by molar-refractivity contribution is 6.21. The summed E-state index contributed by atoms with van der Waals surface area (Å²) in [6, 6.07) is 84.1. The van der Waals surface area contributed by atoms with Gasteiger partial charge in [0.2, 0.25) is 0 Å². The number of hydrogen-bond acceptors (Lipinski definition) is 5. The van der Waals surface area contributed by atoms with Gasteiger partial charge in [-0.2, -0.15) is 0 Å². The number of furan rings is 3. The van der Waals surface area contributed by atoms with Gasteiger partial charge in [0.25, 0.3) is 0 Å². The number of rotatable bonds is 6. The predicted octanol–water partition coefficient (Wildman–Crippen LogP) is 19.9. The van der Waals surface area contributed by atoms with Gasteiger partial charge >= 0.3 is 0 Å². The first kappa shape index (κ1) is 43.8. The van der Waals surface area contributed by atoms with E-state index in [1.807, 2.05) is 12.1 Å². The topological polar surface area (TPSA) is 45.9 Å². The van der Waals surface area contributed by atoms with Crippen LogP contribution in [0.15, 0.2) is 244 Å². The van der Waals surface area contributed by atoms with E-state index in [2.05, 4.69) is 256 Å². The van der Waals surface area contributed by atoms with Crippen molar-refractivity contribution in [1.82, 2.24) is 0 Å². The summed E-state index contributed by atoms with van der Waals surface area (Å²) in [7, 11) is 0. The van der Waals surface area contributed by atoms with Gasteiger partial charge in [-0.15, -0.1) is 0 Å². The third kappa shape index (κ3) is 6.00. The van der Waals surface area contributed by atoms with Crippen LogP contribution in [0.1, 0.15) is 58.4 Å². The van der Waals surface area contributed by atoms with Gasteiger partial charge in [-0.1, -0.05) is 183 Å². The Bertz CT molecular complexity index is 4710. The lowest BCUT2D eigenvalue weighted by Gasteiger charge is -2.47. The zero-order chi connectivity index (χ0) is 51.3. The summed E-state index contributed by atoms with van der Waals surface area (Å²) in [6.07, 6.45) is 0. The molecule has 0 atom stereocenters. The smallest absolute Gasteiger partial charge is 0.159 e. The summed E-state index contributed by atoms with van der Waals surface area (Å²) < 4.78 is 21.3. The molecule has 0 fully saturated rings. The summed E-state index contributed by atoms with van der Waals surface area (Å²) in [4.78, 5) is 4.82. The Morgan fingerprint density at radius 3 is 1.34 bits per heavy atom. The molecular formula is C72H50N2O3. The lowest BCUT2D eigenvalue weighted by molar-refractivity contribution is 0.563. The fraction of sp³-hybridized carbons (Fsp3) is 0.0833. The highest BCUT2D eigenvalue weighted by Gasteiger charge is 2.55. The van der Waals surface area contributed by atoms with Crippen LogP contribution in [0.4, 0.5) is 34.1 Å². The van der Waals surface area contributed by atoms with E-state index in [-0.39, 0.29) is 5.41 Å². The molecule has 366 valence electrons. The zero-order valence-electron chi connectivity index (χ0n) is 43.1. The van der Waals surface area contributed by atoms with Gasteiger partial charge in [0.15, 0.2) is 11.2 Å². The number of nitrogens with zero attached hydrogens (tertiary/aromatic N) is 2. The average Bonchev–Trinajstić information content (AvgIpc) is 4.22. The van der Waals surface area contributed by atoms with Crippen LogP contribution in [-0.4, -0.2) is 0 Å². The van der Waals surface area contributed by atoms with E-state index in [4.69, 9.17) is 13.3 Å². The van der Waals surface area contributed by atoms with Gasteiger partial charge in [-0.05, 0) is 126 Å².